The van der Waals surface area contributed by atoms with Crippen LogP contribution >= 0.6 is 0 Å². The third kappa shape index (κ3) is 2.63. The van der Waals surface area contributed by atoms with E-state index < -0.39 is 6.10 Å². The van der Waals surface area contributed by atoms with E-state index >= 15 is 0 Å². The smallest absolute Gasteiger partial charge is 0.128 e. The Morgan fingerprint density at radius 2 is 2.06 bits per heavy atom. The lowest BCUT2D eigenvalue weighted by molar-refractivity contribution is 0.102. The molecular formula is C15H22O2. The minimum absolute atomic E-state index is 0.269. The molecule has 1 N–H and O–H groups in total. The molecule has 2 nitrogen and oxygen atoms in total. The van der Waals surface area contributed by atoms with Crippen molar-refractivity contribution < 1.29 is 9.84 Å². The van der Waals surface area contributed by atoms with Crippen LogP contribution in [0.1, 0.15) is 44.4 Å². The van der Waals surface area contributed by atoms with Crippen LogP contribution < -0.4 is 4.74 Å². The minimum Gasteiger partial charge on any atom is -0.493 e. The van der Waals surface area contributed by atoms with Gasteiger partial charge < -0.3 is 9.84 Å². The van der Waals surface area contributed by atoms with Crippen LogP contribution in [0.2, 0.25) is 0 Å². The number of hydrogen-bond donors (Lipinski definition) is 1. The summed E-state index contributed by atoms with van der Waals surface area (Å²) in [6.45, 7) is 7.24. The van der Waals surface area contributed by atoms with Crippen molar-refractivity contribution >= 4 is 0 Å². The fourth-order valence-corrected chi connectivity index (χ4v) is 2.65. The second-order valence-electron chi connectivity index (χ2n) is 5.49. The number of aliphatic hydroxyl groups is 1. The molecule has 0 spiro atoms. The van der Waals surface area contributed by atoms with Crippen molar-refractivity contribution in [3.8, 4) is 5.75 Å². The van der Waals surface area contributed by atoms with Crippen molar-refractivity contribution in [3.05, 3.63) is 29.3 Å². The van der Waals surface area contributed by atoms with Gasteiger partial charge in [-0.05, 0) is 23.8 Å². The second kappa shape index (κ2) is 5.09. The molecule has 2 unspecified atom stereocenters. The highest BCUT2D eigenvalue weighted by Crippen LogP contribution is 2.37. The molecule has 0 saturated heterocycles. The molecule has 94 valence electrons. The number of ether oxygens (including phenoxy) is 1. The van der Waals surface area contributed by atoms with Gasteiger partial charge in [0, 0.05) is 12.0 Å². The monoisotopic (exact) mass is 234 g/mol. The zero-order valence-corrected chi connectivity index (χ0v) is 10.9. The summed E-state index contributed by atoms with van der Waals surface area (Å²) in [5.41, 5.74) is 2.20. The summed E-state index contributed by atoms with van der Waals surface area (Å²) in [6, 6.07) is 6.10. The molecule has 0 aliphatic carbocycles. The van der Waals surface area contributed by atoms with E-state index in [1.165, 1.54) is 5.56 Å². The van der Waals surface area contributed by atoms with Crippen molar-refractivity contribution in [3.63, 3.8) is 0 Å². The summed E-state index contributed by atoms with van der Waals surface area (Å²) in [5, 5.41) is 10.4. The first-order valence-corrected chi connectivity index (χ1v) is 6.52. The Morgan fingerprint density at radius 3 is 2.76 bits per heavy atom. The van der Waals surface area contributed by atoms with Crippen LogP contribution in [0.15, 0.2) is 18.2 Å². The number of para-hydroxylation sites is 1. The number of aliphatic hydroxyl groups excluding tert-OH is 1. The molecule has 1 heterocycles. The molecule has 1 aliphatic heterocycles. The molecule has 1 aliphatic rings. The van der Waals surface area contributed by atoms with E-state index in [-0.39, 0.29) is 5.92 Å². The van der Waals surface area contributed by atoms with E-state index in [0.717, 1.165) is 30.8 Å². The summed E-state index contributed by atoms with van der Waals surface area (Å²) in [7, 11) is 0. The highest BCUT2D eigenvalue weighted by atomic mass is 16.5. The summed E-state index contributed by atoms with van der Waals surface area (Å²) in [5.74, 6) is 1.80. The van der Waals surface area contributed by atoms with Gasteiger partial charge in [0.1, 0.15) is 5.75 Å². The predicted molar refractivity (Wildman–Crippen MR) is 69.2 cm³/mol. The van der Waals surface area contributed by atoms with Crippen LogP contribution in [0.3, 0.4) is 0 Å². The van der Waals surface area contributed by atoms with Crippen LogP contribution in [0.5, 0.6) is 5.75 Å². The normalized spacial score (nSPS) is 17.7. The third-order valence-corrected chi connectivity index (χ3v) is 3.45. The van der Waals surface area contributed by atoms with E-state index in [1.807, 2.05) is 12.1 Å². The Balaban J connectivity index is 2.19. The predicted octanol–water partition coefficient (Wildman–Crippen LogP) is 3.34. The maximum atomic E-state index is 10.4. The highest BCUT2D eigenvalue weighted by Gasteiger charge is 2.24. The molecule has 2 heteroatoms. The molecule has 17 heavy (non-hydrogen) atoms. The summed E-state index contributed by atoms with van der Waals surface area (Å²) < 4.78 is 5.65. The van der Waals surface area contributed by atoms with Gasteiger partial charge in [-0.3, -0.25) is 0 Å². The average molecular weight is 234 g/mol. The molecule has 2 rings (SSSR count). The summed E-state index contributed by atoms with van der Waals surface area (Å²) >= 11 is 0. The van der Waals surface area contributed by atoms with Gasteiger partial charge in [-0.15, -0.1) is 0 Å². The van der Waals surface area contributed by atoms with E-state index in [1.54, 1.807) is 0 Å². The highest BCUT2D eigenvalue weighted by molar-refractivity contribution is 5.45. The Hall–Kier alpha value is -1.02. The fourth-order valence-electron chi connectivity index (χ4n) is 2.65. The van der Waals surface area contributed by atoms with Crippen molar-refractivity contribution in [2.45, 2.75) is 39.7 Å². The van der Waals surface area contributed by atoms with E-state index in [4.69, 9.17) is 4.74 Å². The van der Waals surface area contributed by atoms with Gasteiger partial charge in [0.2, 0.25) is 0 Å². The zero-order chi connectivity index (χ0) is 12.4. The fraction of sp³-hybridized carbons (Fsp3) is 0.600. The Morgan fingerprint density at radius 1 is 1.29 bits per heavy atom. The van der Waals surface area contributed by atoms with Gasteiger partial charge in [-0.2, -0.15) is 0 Å². The SMILES string of the molecule is CC(C)CC(C)C(O)c1cccc2c1OCC2. The minimum atomic E-state index is -0.412. The molecule has 0 amide bonds. The number of hydrogen-bond acceptors (Lipinski definition) is 2. The lowest BCUT2D eigenvalue weighted by Crippen LogP contribution is -2.12. The van der Waals surface area contributed by atoms with Crippen molar-refractivity contribution in [1.82, 2.24) is 0 Å². The number of rotatable bonds is 4. The molecule has 0 aromatic heterocycles. The van der Waals surface area contributed by atoms with Crippen molar-refractivity contribution in [2.24, 2.45) is 11.8 Å². The molecule has 0 bridgehead atoms. The number of fused-ring (bicyclic) bond motifs is 1. The maximum absolute atomic E-state index is 10.4. The first-order chi connectivity index (χ1) is 8.09. The molecule has 1 aromatic rings. The van der Waals surface area contributed by atoms with Gasteiger partial charge in [0.05, 0.1) is 12.7 Å². The topological polar surface area (TPSA) is 29.5 Å². The standard InChI is InChI=1S/C15H22O2/c1-10(2)9-11(3)14(16)13-6-4-5-12-7-8-17-15(12)13/h4-6,10-11,14,16H,7-9H2,1-3H3. The molecule has 0 fully saturated rings. The van der Waals surface area contributed by atoms with Crippen LogP contribution in [-0.2, 0) is 6.42 Å². The second-order valence-corrected chi connectivity index (χ2v) is 5.49. The Bertz CT molecular complexity index is 385. The van der Waals surface area contributed by atoms with Crippen LogP contribution in [0.25, 0.3) is 0 Å². The quantitative estimate of drug-likeness (QED) is 0.865. The lowest BCUT2D eigenvalue weighted by atomic mass is 9.89. The van der Waals surface area contributed by atoms with E-state index in [0.29, 0.717) is 5.92 Å². The Labute approximate surface area is 104 Å². The van der Waals surface area contributed by atoms with E-state index in [2.05, 4.69) is 26.8 Å². The molecule has 2 atom stereocenters. The lowest BCUT2D eigenvalue weighted by Gasteiger charge is -2.22. The average Bonchev–Trinajstić information content (AvgIpc) is 2.74. The molecular weight excluding hydrogens is 212 g/mol. The third-order valence-electron chi connectivity index (χ3n) is 3.45. The maximum Gasteiger partial charge on any atom is 0.128 e. The van der Waals surface area contributed by atoms with Gasteiger partial charge in [-0.1, -0.05) is 39.0 Å². The molecule has 0 saturated carbocycles. The zero-order valence-electron chi connectivity index (χ0n) is 10.9. The van der Waals surface area contributed by atoms with Crippen molar-refractivity contribution in [2.75, 3.05) is 6.61 Å². The summed E-state index contributed by atoms with van der Waals surface area (Å²) in [6.07, 6.45) is 1.59. The number of benzene rings is 1. The van der Waals surface area contributed by atoms with E-state index in [9.17, 15) is 5.11 Å². The van der Waals surface area contributed by atoms with Gasteiger partial charge >= 0.3 is 0 Å². The van der Waals surface area contributed by atoms with Crippen LogP contribution in [0, 0.1) is 11.8 Å². The molecule has 0 radical (unpaired) electrons. The molecule has 1 aromatic carbocycles. The van der Waals surface area contributed by atoms with Gasteiger partial charge in [0.15, 0.2) is 0 Å². The Kier molecular flexibility index (Phi) is 3.72. The van der Waals surface area contributed by atoms with Gasteiger partial charge in [0.25, 0.3) is 0 Å². The largest absolute Gasteiger partial charge is 0.493 e. The van der Waals surface area contributed by atoms with Crippen LogP contribution in [0.4, 0.5) is 0 Å². The van der Waals surface area contributed by atoms with Crippen LogP contribution in [-0.4, -0.2) is 11.7 Å². The first-order valence-electron chi connectivity index (χ1n) is 6.52. The van der Waals surface area contributed by atoms with Gasteiger partial charge in [-0.25, -0.2) is 0 Å². The van der Waals surface area contributed by atoms with Crippen molar-refractivity contribution in [1.29, 1.82) is 0 Å². The summed E-state index contributed by atoms with van der Waals surface area (Å²) in [4.78, 5) is 0. The first kappa shape index (κ1) is 12.4.